The van der Waals surface area contributed by atoms with Crippen LogP contribution in [0.3, 0.4) is 0 Å². The predicted molar refractivity (Wildman–Crippen MR) is 82.6 cm³/mol. The van der Waals surface area contributed by atoms with Crippen LogP contribution >= 0.6 is 0 Å². The molecule has 2 rings (SSSR count). The number of hydrogen-bond donors (Lipinski definition) is 1. The fourth-order valence-corrected chi connectivity index (χ4v) is 3.40. The van der Waals surface area contributed by atoms with E-state index in [1.807, 2.05) is 0 Å². The summed E-state index contributed by atoms with van der Waals surface area (Å²) in [6.07, 6.45) is 5.80. The lowest BCUT2D eigenvalue weighted by atomic mass is 10.1. The quantitative estimate of drug-likeness (QED) is 0.843. The Morgan fingerprint density at radius 1 is 1.05 bits per heavy atom. The summed E-state index contributed by atoms with van der Waals surface area (Å²) >= 11 is 0. The lowest BCUT2D eigenvalue weighted by molar-refractivity contribution is 0.0731. The van der Waals surface area contributed by atoms with E-state index < -0.39 is 0 Å². The number of nitrogens with zero attached hydrogens (tertiary/aromatic N) is 2. The second-order valence-corrected chi connectivity index (χ2v) is 7.49. The number of piperazine rings is 1. The predicted octanol–water partition coefficient (Wildman–Crippen LogP) is 2.32. The largest absolute Gasteiger partial charge is 0.311 e. The average molecular weight is 267 g/mol. The van der Waals surface area contributed by atoms with Gasteiger partial charge in [-0.05, 0) is 40.5 Å². The molecule has 0 aromatic heterocycles. The molecule has 0 amide bonds. The van der Waals surface area contributed by atoms with Crippen LogP contribution in [0, 0.1) is 0 Å². The van der Waals surface area contributed by atoms with Crippen LogP contribution in [0.25, 0.3) is 0 Å². The fourth-order valence-electron chi connectivity index (χ4n) is 3.40. The van der Waals surface area contributed by atoms with Gasteiger partial charge < -0.3 is 5.32 Å². The minimum absolute atomic E-state index is 0.236. The monoisotopic (exact) mass is 267 g/mol. The van der Waals surface area contributed by atoms with Crippen LogP contribution in [0.4, 0.5) is 0 Å². The molecule has 1 N–H and O–H groups in total. The molecule has 1 atom stereocenters. The van der Waals surface area contributed by atoms with E-state index >= 15 is 0 Å². The highest BCUT2D eigenvalue weighted by Gasteiger charge is 2.27. The van der Waals surface area contributed by atoms with Gasteiger partial charge in [0.15, 0.2) is 0 Å². The van der Waals surface area contributed by atoms with Crippen LogP contribution in [-0.4, -0.2) is 60.1 Å². The van der Waals surface area contributed by atoms with Crippen LogP contribution < -0.4 is 5.32 Å². The second-order valence-electron chi connectivity index (χ2n) is 7.49. The van der Waals surface area contributed by atoms with Crippen molar-refractivity contribution in [1.29, 1.82) is 0 Å². The minimum Gasteiger partial charge on any atom is -0.311 e. The molecular weight excluding hydrogens is 234 g/mol. The van der Waals surface area contributed by atoms with E-state index in [1.54, 1.807) is 0 Å². The molecule has 0 spiro atoms. The van der Waals surface area contributed by atoms with E-state index in [9.17, 15) is 0 Å². The molecular formula is C16H33N3. The van der Waals surface area contributed by atoms with Crippen LogP contribution in [0.1, 0.15) is 53.4 Å². The third-order valence-electron chi connectivity index (χ3n) is 4.74. The van der Waals surface area contributed by atoms with Gasteiger partial charge in [0.1, 0.15) is 0 Å². The number of hydrogen-bond acceptors (Lipinski definition) is 3. The summed E-state index contributed by atoms with van der Waals surface area (Å²) in [4.78, 5) is 5.40. The summed E-state index contributed by atoms with van der Waals surface area (Å²) < 4.78 is 0. The van der Waals surface area contributed by atoms with Crippen molar-refractivity contribution in [3.05, 3.63) is 0 Å². The van der Waals surface area contributed by atoms with Crippen molar-refractivity contribution in [3.8, 4) is 0 Å². The zero-order valence-corrected chi connectivity index (χ0v) is 13.4. The lowest BCUT2D eigenvalue weighted by Gasteiger charge is -2.41. The van der Waals surface area contributed by atoms with Crippen molar-refractivity contribution in [2.75, 3.05) is 32.7 Å². The molecule has 0 radical (unpaired) electrons. The standard InChI is InChI=1S/C16H33N3/c1-14(13-17-16(2,3)4)18-9-11-19(12-10-18)15-7-5-6-8-15/h14-15,17H,5-13H2,1-4H3. The van der Waals surface area contributed by atoms with Crippen molar-refractivity contribution >= 4 is 0 Å². The molecule has 112 valence electrons. The molecule has 19 heavy (non-hydrogen) atoms. The molecule has 0 aromatic carbocycles. The van der Waals surface area contributed by atoms with Crippen molar-refractivity contribution in [3.63, 3.8) is 0 Å². The molecule has 3 nitrogen and oxygen atoms in total. The maximum atomic E-state index is 3.63. The topological polar surface area (TPSA) is 18.5 Å². The van der Waals surface area contributed by atoms with Gasteiger partial charge in [-0.3, -0.25) is 9.80 Å². The Kier molecular flexibility index (Phi) is 5.27. The molecule has 2 fully saturated rings. The van der Waals surface area contributed by atoms with E-state index in [-0.39, 0.29) is 5.54 Å². The minimum atomic E-state index is 0.236. The van der Waals surface area contributed by atoms with Gasteiger partial charge in [0, 0.05) is 50.3 Å². The van der Waals surface area contributed by atoms with Crippen molar-refractivity contribution in [2.24, 2.45) is 0 Å². The summed E-state index contributed by atoms with van der Waals surface area (Å²) in [6.45, 7) is 15.3. The van der Waals surface area contributed by atoms with Crippen molar-refractivity contribution in [1.82, 2.24) is 15.1 Å². The summed E-state index contributed by atoms with van der Waals surface area (Å²) in [5.41, 5.74) is 0.236. The van der Waals surface area contributed by atoms with Crippen molar-refractivity contribution in [2.45, 2.75) is 71.0 Å². The smallest absolute Gasteiger partial charge is 0.0193 e. The maximum absolute atomic E-state index is 3.63. The molecule has 0 bridgehead atoms. The first-order valence-electron chi connectivity index (χ1n) is 8.19. The molecule has 0 aromatic rings. The van der Waals surface area contributed by atoms with E-state index in [4.69, 9.17) is 0 Å². The van der Waals surface area contributed by atoms with Gasteiger partial charge in [-0.15, -0.1) is 0 Å². The lowest BCUT2D eigenvalue weighted by Crippen LogP contribution is -2.55. The van der Waals surface area contributed by atoms with E-state index in [1.165, 1.54) is 51.9 Å². The summed E-state index contributed by atoms with van der Waals surface area (Å²) in [5, 5.41) is 3.63. The fraction of sp³-hybridized carbons (Fsp3) is 1.00. The molecule has 1 saturated carbocycles. The van der Waals surface area contributed by atoms with Gasteiger partial charge in [0.05, 0.1) is 0 Å². The van der Waals surface area contributed by atoms with Gasteiger partial charge in [-0.25, -0.2) is 0 Å². The van der Waals surface area contributed by atoms with Crippen molar-refractivity contribution < 1.29 is 0 Å². The Morgan fingerprint density at radius 2 is 1.63 bits per heavy atom. The first-order valence-corrected chi connectivity index (χ1v) is 8.19. The van der Waals surface area contributed by atoms with Crippen LogP contribution in [0.2, 0.25) is 0 Å². The zero-order chi connectivity index (χ0) is 13.9. The molecule has 3 heteroatoms. The van der Waals surface area contributed by atoms with E-state index in [2.05, 4.69) is 42.8 Å². The van der Waals surface area contributed by atoms with Crippen LogP contribution in [-0.2, 0) is 0 Å². The second kappa shape index (κ2) is 6.55. The number of nitrogens with one attached hydrogen (secondary N) is 1. The normalized spacial score (nSPS) is 25.9. The Balaban J connectivity index is 1.70. The zero-order valence-electron chi connectivity index (χ0n) is 13.4. The van der Waals surface area contributed by atoms with Gasteiger partial charge in [-0.2, -0.15) is 0 Å². The molecule has 1 heterocycles. The van der Waals surface area contributed by atoms with Crippen LogP contribution in [0.15, 0.2) is 0 Å². The first kappa shape index (κ1) is 15.3. The Hall–Kier alpha value is -0.120. The highest BCUT2D eigenvalue weighted by molar-refractivity contribution is 4.84. The Morgan fingerprint density at radius 3 is 2.16 bits per heavy atom. The van der Waals surface area contributed by atoms with Gasteiger partial charge in [-0.1, -0.05) is 12.8 Å². The summed E-state index contributed by atoms with van der Waals surface area (Å²) in [6, 6.07) is 1.56. The van der Waals surface area contributed by atoms with Gasteiger partial charge in [0.25, 0.3) is 0 Å². The maximum Gasteiger partial charge on any atom is 0.0193 e. The summed E-state index contributed by atoms with van der Waals surface area (Å²) in [7, 11) is 0. The molecule has 1 aliphatic heterocycles. The third kappa shape index (κ3) is 4.73. The Labute approximate surface area is 119 Å². The SMILES string of the molecule is CC(CNC(C)(C)C)N1CCN(C2CCCC2)CC1. The average Bonchev–Trinajstić information content (AvgIpc) is 2.89. The first-order chi connectivity index (χ1) is 8.96. The molecule has 1 aliphatic carbocycles. The van der Waals surface area contributed by atoms with Crippen LogP contribution in [0.5, 0.6) is 0 Å². The van der Waals surface area contributed by atoms with E-state index in [0.717, 1.165) is 12.6 Å². The Bertz CT molecular complexity index is 258. The highest BCUT2D eigenvalue weighted by Crippen LogP contribution is 2.24. The molecule has 1 saturated heterocycles. The summed E-state index contributed by atoms with van der Waals surface area (Å²) in [5.74, 6) is 0. The van der Waals surface area contributed by atoms with Gasteiger partial charge >= 0.3 is 0 Å². The van der Waals surface area contributed by atoms with E-state index in [0.29, 0.717) is 6.04 Å². The third-order valence-corrected chi connectivity index (χ3v) is 4.74. The molecule has 2 aliphatic rings. The highest BCUT2D eigenvalue weighted by atomic mass is 15.3. The number of rotatable bonds is 4. The molecule has 1 unspecified atom stereocenters. The van der Waals surface area contributed by atoms with Gasteiger partial charge in [0.2, 0.25) is 0 Å².